The van der Waals surface area contributed by atoms with E-state index >= 15 is 0 Å². The number of alkyl halides is 3. The van der Waals surface area contributed by atoms with Gasteiger partial charge in [0.25, 0.3) is 0 Å². The van der Waals surface area contributed by atoms with Crippen LogP contribution in [-0.4, -0.2) is 25.3 Å². The zero-order valence-electron chi connectivity index (χ0n) is 16.5. The molecule has 3 rings (SSSR count). The fraction of sp³-hybridized carbons (Fsp3) is 0.650. The van der Waals surface area contributed by atoms with Gasteiger partial charge in [-0.15, -0.1) is 0 Å². The second-order valence-corrected chi connectivity index (χ2v) is 9.15. The Morgan fingerprint density at radius 1 is 1.21 bits per heavy atom. The molecule has 1 heterocycles. The highest BCUT2D eigenvalue weighted by Gasteiger charge is 2.60. The summed E-state index contributed by atoms with van der Waals surface area (Å²) in [4.78, 5) is 13.0. The van der Waals surface area contributed by atoms with E-state index in [9.17, 15) is 18.0 Å². The maximum atomic E-state index is 13.5. The summed E-state index contributed by atoms with van der Waals surface area (Å²) in [6.07, 6.45) is -3.26. The second kappa shape index (κ2) is 6.74. The Hall–Kier alpha value is -2.12. The fourth-order valence-electron chi connectivity index (χ4n) is 5.38. The van der Waals surface area contributed by atoms with Crippen LogP contribution in [-0.2, 0) is 10.9 Å². The van der Waals surface area contributed by atoms with Gasteiger partial charge < -0.3 is 21.1 Å². The topological polar surface area (TPSA) is 81.6 Å². The summed E-state index contributed by atoms with van der Waals surface area (Å²) >= 11 is 0. The first kappa shape index (κ1) is 20.6. The van der Waals surface area contributed by atoms with Gasteiger partial charge in [0.2, 0.25) is 0 Å². The van der Waals surface area contributed by atoms with E-state index in [0.29, 0.717) is 19.5 Å². The number of nitrogens with two attached hydrogens (primary N) is 2. The van der Waals surface area contributed by atoms with Crippen molar-refractivity contribution in [2.24, 2.45) is 22.5 Å². The van der Waals surface area contributed by atoms with Crippen LogP contribution in [0.2, 0.25) is 0 Å². The summed E-state index contributed by atoms with van der Waals surface area (Å²) in [7, 11) is 0. The van der Waals surface area contributed by atoms with E-state index in [1.165, 1.54) is 12.1 Å². The lowest BCUT2D eigenvalue weighted by Crippen LogP contribution is -2.62. The first-order valence-corrected chi connectivity index (χ1v) is 9.51. The number of ether oxygens (including phenoxy) is 1. The number of halogens is 3. The molecule has 1 aromatic carbocycles. The number of benzene rings is 1. The molecule has 4 N–H and O–H groups in total. The monoisotopic (exact) mass is 399 g/mol. The molecule has 2 aliphatic rings. The zero-order valence-corrected chi connectivity index (χ0v) is 16.5. The summed E-state index contributed by atoms with van der Waals surface area (Å²) in [5, 5.41) is 0. The van der Waals surface area contributed by atoms with Crippen molar-refractivity contribution in [2.45, 2.75) is 52.3 Å². The molecule has 2 fully saturated rings. The van der Waals surface area contributed by atoms with Gasteiger partial charge in [0.05, 0.1) is 5.56 Å². The standard InChI is InChI=1S/C20H28F3N3O2/c1-18(2,3)16-15(28-17(25)27)11-19(16)6-8-26(9-7-19)14-5-4-12(24)10-13(14)20(21,22)23/h4-5,10,15-16H,6-9,11,24H2,1-3H3,(H2,25,27). The van der Waals surface area contributed by atoms with E-state index in [0.717, 1.165) is 18.9 Å². The Kier molecular flexibility index (Phi) is 4.96. The largest absolute Gasteiger partial charge is 0.446 e. The molecule has 2 unspecified atom stereocenters. The van der Waals surface area contributed by atoms with E-state index in [1.54, 1.807) is 4.90 Å². The van der Waals surface area contributed by atoms with Crippen molar-refractivity contribution >= 4 is 17.5 Å². The van der Waals surface area contributed by atoms with Crippen molar-refractivity contribution in [1.29, 1.82) is 0 Å². The zero-order chi connectivity index (χ0) is 20.9. The molecule has 28 heavy (non-hydrogen) atoms. The third kappa shape index (κ3) is 3.73. The second-order valence-electron chi connectivity index (χ2n) is 9.15. The van der Waals surface area contributed by atoms with E-state index < -0.39 is 17.8 Å². The van der Waals surface area contributed by atoms with Gasteiger partial charge in [-0.05, 0) is 48.3 Å². The van der Waals surface area contributed by atoms with Crippen LogP contribution in [0.5, 0.6) is 0 Å². The van der Waals surface area contributed by atoms with Crippen molar-refractivity contribution in [3.05, 3.63) is 23.8 Å². The molecule has 5 nitrogen and oxygen atoms in total. The first-order valence-electron chi connectivity index (χ1n) is 9.51. The summed E-state index contributed by atoms with van der Waals surface area (Å²) < 4.78 is 45.7. The molecular formula is C20H28F3N3O2. The van der Waals surface area contributed by atoms with Crippen molar-refractivity contribution < 1.29 is 22.7 Å². The number of anilines is 2. The van der Waals surface area contributed by atoms with Gasteiger partial charge in [-0.2, -0.15) is 13.2 Å². The van der Waals surface area contributed by atoms with Crippen molar-refractivity contribution in [3.63, 3.8) is 0 Å². The van der Waals surface area contributed by atoms with Gasteiger partial charge in [0.15, 0.2) is 0 Å². The first-order chi connectivity index (χ1) is 12.8. The molecule has 2 atom stereocenters. The smallest absolute Gasteiger partial charge is 0.418 e. The molecule has 1 amide bonds. The Morgan fingerprint density at radius 2 is 1.82 bits per heavy atom. The van der Waals surface area contributed by atoms with Crippen LogP contribution in [0, 0.1) is 16.7 Å². The molecule has 1 aliphatic heterocycles. The van der Waals surface area contributed by atoms with Crippen LogP contribution < -0.4 is 16.4 Å². The minimum absolute atomic E-state index is 0.0406. The molecule has 1 saturated heterocycles. The number of nitrogen functional groups attached to an aromatic ring is 1. The maximum absolute atomic E-state index is 13.5. The molecule has 1 spiro atoms. The average Bonchev–Trinajstić information content (AvgIpc) is 2.52. The van der Waals surface area contributed by atoms with E-state index in [2.05, 4.69) is 20.8 Å². The van der Waals surface area contributed by atoms with Crippen LogP contribution in [0.15, 0.2) is 18.2 Å². The normalized spacial score (nSPS) is 24.7. The predicted octanol–water partition coefficient (Wildman–Crippen LogP) is 4.40. The quantitative estimate of drug-likeness (QED) is 0.722. The molecule has 8 heteroatoms. The minimum atomic E-state index is -4.45. The number of piperidine rings is 1. The lowest BCUT2D eigenvalue weighted by Gasteiger charge is -2.62. The van der Waals surface area contributed by atoms with Crippen molar-refractivity contribution in [1.82, 2.24) is 0 Å². The summed E-state index contributed by atoms with van der Waals surface area (Å²) in [5.74, 6) is 0.128. The number of primary amides is 1. The Balaban J connectivity index is 1.79. The molecule has 1 aromatic rings. The highest BCUT2D eigenvalue weighted by molar-refractivity contribution is 5.65. The molecule has 0 aromatic heterocycles. The van der Waals surface area contributed by atoms with Crippen LogP contribution in [0.25, 0.3) is 0 Å². The average molecular weight is 399 g/mol. The lowest BCUT2D eigenvalue weighted by molar-refractivity contribution is -0.166. The van der Waals surface area contributed by atoms with E-state index in [-0.39, 0.29) is 34.2 Å². The van der Waals surface area contributed by atoms with Crippen LogP contribution in [0.3, 0.4) is 0 Å². The number of carbonyl (C=O) groups excluding carboxylic acids is 1. The van der Waals surface area contributed by atoms with Gasteiger partial charge >= 0.3 is 12.3 Å². The van der Waals surface area contributed by atoms with Crippen LogP contribution in [0.1, 0.15) is 45.6 Å². The van der Waals surface area contributed by atoms with Crippen molar-refractivity contribution in [3.8, 4) is 0 Å². The van der Waals surface area contributed by atoms with Crippen LogP contribution in [0.4, 0.5) is 29.3 Å². The van der Waals surface area contributed by atoms with Gasteiger partial charge in [-0.3, -0.25) is 0 Å². The third-order valence-corrected chi connectivity index (χ3v) is 6.27. The Bertz CT molecular complexity index is 750. The van der Waals surface area contributed by atoms with Gasteiger partial charge in [0.1, 0.15) is 6.10 Å². The molecule has 156 valence electrons. The number of hydrogen-bond donors (Lipinski definition) is 2. The van der Waals surface area contributed by atoms with Crippen LogP contribution >= 0.6 is 0 Å². The highest BCUT2D eigenvalue weighted by Crippen LogP contribution is 2.61. The number of rotatable bonds is 2. The van der Waals surface area contributed by atoms with Gasteiger partial charge in [-0.1, -0.05) is 20.8 Å². The van der Waals surface area contributed by atoms with E-state index in [1.807, 2.05) is 0 Å². The molecule has 1 aliphatic carbocycles. The summed E-state index contributed by atoms with van der Waals surface area (Å²) in [5.41, 5.74) is 10.2. The SMILES string of the molecule is CC(C)(C)C1C(OC(N)=O)CC12CCN(c1ccc(N)cc1C(F)(F)F)CC2. The van der Waals surface area contributed by atoms with E-state index in [4.69, 9.17) is 16.2 Å². The Labute approximate surface area is 163 Å². The number of nitrogens with zero attached hydrogens (tertiary/aromatic N) is 1. The molecular weight excluding hydrogens is 371 g/mol. The summed E-state index contributed by atoms with van der Waals surface area (Å²) in [6.45, 7) is 7.34. The molecule has 1 saturated carbocycles. The Morgan fingerprint density at radius 3 is 2.32 bits per heavy atom. The number of hydrogen-bond acceptors (Lipinski definition) is 4. The van der Waals surface area contributed by atoms with Gasteiger partial charge in [0, 0.05) is 30.4 Å². The lowest BCUT2D eigenvalue weighted by atomic mass is 9.47. The third-order valence-electron chi connectivity index (χ3n) is 6.27. The molecule has 0 radical (unpaired) electrons. The van der Waals surface area contributed by atoms with Crippen molar-refractivity contribution in [2.75, 3.05) is 23.7 Å². The fourth-order valence-corrected chi connectivity index (χ4v) is 5.38. The number of amides is 1. The minimum Gasteiger partial charge on any atom is -0.446 e. The maximum Gasteiger partial charge on any atom is 0.418 e. The summed E-state index contributed by atoms with van der Waals surface area (Å²) in [6, 6.07) is 3.96. The highest BCUT2D eigenvalue weighted by atomic mass is 19.4. The number of carbonyl (C=O) groups is 1. The van der Waals surface area contributed by atoms with Gasteiger partial charge in [-0.25, -0.2) is 4.79 Å². The molecule has 0 bridgehead atoms. The predicted molar refractivity (Wildman–Crippen MR) is 102 cm³/mol.